The molecule has 1 aliphatic rings. The van der Waals surface area contributed by atoms with Gasteiger partial charge in [0.25, 0.3) is 0 Å². The summed E-state index contributed by atoms with van der Waals surface area (Å²) in [6, 6.07) is 7.64. The summed E-state index contributed by atoms with van der Waals surface area (Å²) >= 11 is 0. The number of nitrogens with one attached hydrogen (secondary N) is 2. The molecule has 7 heteroatoms. The van der Waals surface area contributed by atoms with E-state index in [0.29, 0.717) is 19.1 Å². The molecule has 1 unspecified atom stereocenters. The lowest BCUT2D eigenvalue weighted by atomic mass is 10.1. The lowest BCUT2D eigenvalue weighted by Crippen LogP contribution is -2.38. The van der Waals surface area contributed by atoms with Crippen LogP contribution in [0.4, 0.5) is 0 Å². The van der Waals surface area contributed by atoms with Crippen LogP contribution in [0.15, 0.2) is 29.3 Å². The molecule has 7 nitrogen and oxygen atoms in total. The second-order valence-electron chi connectivity index (χ2n) is 6.73. The fourth-order valence-electron chi connectivity index (χ4n) is 2.82. The Kier molecular flexibility index (Phi) is 11.2. The Morgan fingerprint density at radius 3 is 2.89 bits per heavy atom. The molecule has 0 aromatic heterocycles. The van der Waals surface area contributed by atoms with E-state index in [-0.39, 0.29) is 0 Å². The normalized spacial score (nSPS) is 16.8. The lowest BCUT2D eigenvalue weighted by molar-refractivity contribution is 0.0888. The summed E-state index contributed by atoms with van der Waals surface area (Å²) in [5, 5.41) is 6.62. The Morgan fingerprint density at radius 2 is 2.11 bits per heavy atom. The van der Waals surface area contributed by atoms with Crippen molar-refractivity contribution >= 4 is 5.96 Å². The summed E-state index contributed by atoms with van der Waals surface area (Å²) in [6.45, 7) is 8.36. The second kappa shape index (κ2) is 14.1. The topological polar surface area (TPSA) is 73.3 Å². The number of nitrogens with zero attached hydrogens (tertiary/aromatic N) is 1. The van der Waals surface area contributed by atoms with Gasteiger partial charge in [-0.1, -0.05) is 6.07 Å². The smallest absolute Gasteiger partial charge is 0.191 e. The van der Waals surface area contributed by atoms with Crippen molar-refractivity contribution < 1.29 is 18.9 Å². The number of hydrogen-bond donors (Lipinski definition) is 2. The first-order valence-corrected chi connectivity index (χ1v) is 10.3. The molecular weight excluding hydrogens is 358 g/mol. The van der Waals surface area contributed by atoms with Gasteiger partial charge >= 0.3 is 0 Å². The highest BCUT2D eigenvalue weighted by molar-refractivity contribution is 5.79. The second-order valence-corrected chi connectivity index (χ2v) is 6.73. The Hall–Kier alpha value is -1.99. The molecule has 2 N–H and O–H groups in total. The van der Waals surface area contributed by atoms with Gasteiger partial charge in [0, 0.05) is 51.3 Å². The predicted molar refractivity (Wildman–Crippen MR) is 111 cm³/mol. The Morgan fingerprint density at radius 1 is 1.21 bits per heavy atom. The standard InChI is InChI=1S/C21H35N3O4/c1-3-22-21(23-10-5-12-26-16-18-9-14-27-17-18)24-11-6-13-28-20-8-4-7-19(15-20)25-2/h4,7-8,15,18H,3,5-6,9-14,16-17H2,1-2H3,(H2,22,23,24). The van der Waals surface area contributed by atoms with Crippen LogP contribution in [0.5, 0.6) is 11.5 Å². The van der Waals surface area contributed by atoms with Gasteiger partial charge in [0.15, 0.2) is 5.96 Å². The van der Waals surface area contributed by atoms with Crippen molar-refractivity contribution in [3.63, 3.8) is 0 Å². The van der Waals surface area contributed by atoms with Gasteiger partial charge in [0.1, 0.15) is 11.5 Å². The van der Waals surface area contributed by atoms with Gasteiger partial charge < -0.3 is 29.6 Å². The minimum Gasteiger partial charge on any atom is -0.497 e. The third-order valence-corrected chi connectivity index (χ3v) is 4.36. The van der Waals surface area contributed by atoms with E-state index >= 15 is 0 Å². The molecule has 0 saturated carbocycles. The van der Waals surface area contributed by atoms with Gasteiger partial charge in [-0.3, -0.25) is 4.99 Å². The fraction of sp³-hybridized carbons (Fsp3) is 0.667. The zero-order chi connectivity index (χ0) is 19.9. The largest absolute Gasteiger partial charge is 0.497 e. The SMILES string of the molecule is CCNC(=NCCCOc1cccc(OC)c1)NCCCOCC1CCOC1. The number of aliphatic imine (C=N–C) groups is 1. The molecule has 2 rings (SSSR count). The number of guanidine groups is 1. The number of benzene rings is 1. The molecule has 0 amide bonds. The summed E-state index contributed by atoms with van der Waals surface area (Å²) < 4.78 is 22.0. The Labute approximate surface area is 168 Å². The molecular formula is C21H35N3O4. The van der Waals surface area contributed by atoms with Crippen molar-refractivity contribution in [2.75, 3.05) is 59.8 Å². The van der Waals surface area contributed by atoms with E-state index in [0.717, 1.165) is 76.2 Å². The highest BCUT2D eigenvalue weighted by Crippen LogP contribution is 2.18. The predicted octanol–water partition coefficient (Wildman–Crippen LogP) is 2.46. The van der Waals surface area contributed by atoms with Crippen molar-refractivity contribution in [3.05, 3.63) is 24.3 Å². The van der Waals surface area contributed by atoms with Crippen molar-refractivity contribution in [2.24, 2.45) is 10.9 Å². The monoisotopic (exact) mass is 393 g/mol. The Balaban J connectivity index is 1.54. The fourth-order valence-corrected chi connectivity index (χ4v) is 2.82. The van der Waals surface area contributed by atoms with Gasteiger partial charge in [-0.05, 0) is 31.9 Å². The molecule has 1 aromatic rings. The lowest BCUT2D eigenvalue weighted by Gasteiger charge is -2.12. The average Bonchev–Trinajstić information content (AvgIpc) is 3.24. The summed E-state index contributed by atoms with van der Waals surface area (Å²) in [6.07, 6.45) is 2.92. The van der Waals surface area contributed by atoms with Crippen LogP contribution in [-0.4, -0.2) is 65.7 Å². The van der Waals surface area contributed by atoms with E-state index in [2.05, 4.69) is 22.5 Å². The molecule has 1 fully saturated rings. The van der Waals surface area contributed by atoms with Crippen LogP contribution in [0.25, 0.3) is 0 Å². The van der Waals surface area contributed by atoms with Crippen molar-refractivity contribution in [1.29, 1.82) is 0 Å². The summed E-state index contributed by atoms with van der Waals surface area (Å²) in [5.74, 6) is 3.03. The molecule has 0 radical (unpaired) electrons. The van der Waals surface area contributed by atoms with Crippen LogP contribution in [0, 0.1) is 5.92 Å². The van der Waals surface area contributed by atoms with Crippen molar-refractivity contribution in [2.45, 2.75) is 26.2 Å². The van der Waals surface area contributed by atoms with Crippen LogP contribution >= 0.6 is 0 Å². The Bertz CT molecular complexity index is 562. The quantitative estimate of drug-likeness (QED) is 0.305. The van der Waals surface area contributed by atoms with Gasteiger partial charge in [-0.15, -0.1) is 0 Å². The van der Waals surface area contributed by atoms with Crippen LogP contribution < -0.4 is 20.1 Å². The third kappa shape index (κ3) is 9.28. The minimum absolute atomic E-state index is 0.575. The van der Waals surface area contributed by atoms with E-state index in [1.807, 2.05) is 24.3 Å². The van der Waals surface area contributed by atoms with Crippen LogP contribution in [0.3, 0.4) is 0 Å². The summed E-state index contributed by atoms with van der Waals surface area (Å²) in [7, 11) is 1.65. The minimum atomic E-state index is 0.575. The first kappa shape index (κ1) is 22.3. The van der Waals surface area contributed by atoms with Crippen molar-refractivity contribution in [1.82, 2.24) is 10.6 Å². The van der Waals surface area contributed by atoms with Crippen LogP contribution in [0.2, 0.25) is 0 Å². The maximum atomic E-state index is 5.74. The summed E-state index contributed by atoms with van der Waals surface area (Å²) in [4.78, 5) is 4.59. The highest BCUT2D eigenvalue weighted by atomic mass is 16.5. The number of methoxy groups -OCH3 is 1. The number of ether oxygens (including phenoxy) is 4. The van der Waals surface area contributed by atoms with E-state index < -0.39 is 0 Å². The molecule has 1 aromatic carbocycles. The van der Waals surface area contributed by atoms with Crippen LogP contribution in [0.1, 0.15) is 26.2 Å². The maximum Gasteiger partial charge on any atom is 0.191 e. The first-order chi connectivity index (χ1) is 13.8. The molecule has 1 aliphatic heterocycles. The molecule has 0 bridgehead atoms. The number of hydrogen-bond acceptors (Lipinski definition) is 5. The third-order valence-electron chi connectivity index (χ3n) is 4.36. The van der Waals surface area contributed by atoms with E-state index in [9.17, 15) is 0 Å². The molecule has 0 spiro atoms. The molecule has 28 heavy (non-hydrogen) atoms. The maximum absolute atomic E-state index is 5.74. The van der Waals surface area contributed by atoms with E-state index in [1.165, 1.54) is 0 Å². The molecule has 1 atom stereocenters. The molecule has 158 valence electrons. The van der Waals surface area contributed by atoms with Crippen LogP contribution in [-0.2, 0) is 9.47 Å². The van der Waals surface area contributed by atoms with E-state index in [1.54, 1.807) is 7.11 Å². The van der Waals surface area contributed by atoms with Gasteiger partial charge in [-0.25, -0.2) is 0 Å². The molecule has 0 aliphatic carbocycles. The van der Waals surface area contributed by atoms with Crippen molar-refractivity contribution in [3.8, 4) is 11.5 Å². The highest BCUT2D eigenvalue weighted by Gasteiger charge is 2.15. The molecule has 1 saturated heterocycles. The zero-order valence-electron chi connectivity index (χ0n) is 17.2. The molecule has 1 heterocycles. The zero-order valence-corrected chi connectivity index (χ0v) is 17.2. The number of rotatable bonds is 13. The van der Waals surface area contributed by atoms with Gasteiger partial charge in [0.05, 0.1) is 26.9 Å². The average molecular weight is 394 g/mol. The summed E-state index contributed by atoms with van der Waals surface area (Å²) in [5.41, 5.74) is 0. The van der Waals surface area contributed by atoms with E-state index in [4.69, 9.17) is 18.9 Å². The van der Waals surface area contributed by atoms with Gasteiger partial charge in [0.2, 0.25) is 0 Å². The first-order valence-electron chi connectivity index (χ1n) is 10.3. The van der Waals surface area contributed by atoms with Gasteiger partial charge in [-0.2, -0.15) is 0 Å².